The van der Waals surface area contributed by atoms with Gasteiger partial charge in [-0.2, -0.15) is 0 Å². The first kappa shape index (κ1) is 21.0. The van der Waals surface area contributed by atoms with Gasteiger partial charge in [0.2, 0.25) is 11.8 Å². The molecule has 3 heterocycles. The molecule has 8 nitrogen and oxygen atoms in total. The highest BCUT2D eigenvalue weighted by molar-refractivity contribution is 5.84. The molecule has 0 aliphatic carbocycles. The Labute approximate surface area is 174 Å². The number of hydrogen-bond donors (Lipinski definition) is 2. The van der Waals surface area contributed by atoms with Crippen LogP contribution >= 0.6 is 0 Å². The quantitative estimate of drug-likeness (QED) is 0.672. The van der Waals surface area contributed by atoms with Gasteiger partial charge in [-0.15, -0.1) is 0 Å². The summed E-state index contributed by atoms with van der Waals surface area (Å²) in [5.41, 5.74) is -0.676. The average molecular weight is 421 g/mol. The third-order valence-electron chi connectivity index (χ3n) is 6.29. The van der Waals surface area contributed by atoms with Crippen LogP contribution < -0.4 is 10.1 Å². The van der Waals surface area contributed by atoms with Gasteiger partial charge in [0.15, 0.2) is 0 Å². The zero-order valence-electron chi connectivity index (χ0n) is 16.9. The Morgan fingerprint density at radius 2 is 1.97 bits per heavy atom. The molecule has 0 spiro atoms. The van der Waals surface area contributed by atoms with Crippen LogP contribution in [0.15, 0.2) is 24.3 Å². The van der Waals surface area contributed by atoms with Gasteiger partial charge in [-0.1, -0.05) is 0 Å². The second-order valence-electron chi connectivity index (χ2n) is 8.31. The van der Waals surface area contributed by atoms with Crippen LogP contribution in [0, 0.1) is 11.2 Å². The number of amides is 2. The fraction of sp³-hybridized carbons (Fsp3) is 0.619. The fourth-order valence-corrected chi connectivity index (χ4v) is 4.29. The van der Waals surface area contributed by atoms with Crippen molar-refractivity contribution in [3.05, 3.63) is 30.1 Å². The lowest BCUT2D eigenvalue weighted by atomic mass is 9.80. The van der Waals surface area contributed by atoms with Gasteiger partial charge in [0.05, 0.1) is 18.6 Å². The van der Waals surface area contributed by atoms with Gasteiger partial charge in [-0.25, -0.2) is 4.39 Å². The summed E-state index contributed by atoms with van der Waals surface area (Å²) in [5, 5.41) is 12.7. The van der Waals surface area contributed by atoms with Gasteiger partial charge in [0.1, 0.15) is 30.9 Å². The lowest BCUT2D eigenvalue weighted by Gasteiger charge is -2.46. The lowest BCUT2D eigenvalue weighted by molar-refractivity contribution is -0.157. The van der Waals surface area contributed by atoms with Crippen LogP contribution in [0.1, 0.15) is 12.8 Å². The topological polar surface area (TPSA) is 91.3 Å². The SMILES string of the molecule is O=C1COC(COc2ccc(F)cc2)CN1C1CCN(C(=O)C2(CO)CNC2)CC1. The van der Waals surface area contributed by atoms with Gasteiger partial charge in [0, 0.05) is 32.2 Å². The summed E-state index contributed by atoms with van der Waals surface area (Å²) < 4.78 is 24.3. The number of carbonyl (C=O) groups is 2. The largest absolute Gasteiger partial charge is 0.491 e. The van der Waals surface area contributed by atoms with E-state index >= 15 is 0 Å². The summed E-state index contributed by atoms with van der Waals surface area (Å²) in [7, 11) is 0. The molecule has 9 heteroatoms. The van der Waals surface area contributed by atoms with E-state index in [1.165, 1.54) is 12.1 Å². The van der Waals surface area contributed by atoms with E-state index < -0.39 is 5.41 Å². The zero-order valence-corrected chi connectivity index (χ0v) is 16.9. The van der Waals surface area contributed by atoms with Crippen molar-refractivity contribution in [2.24, 2.45) is 5.41 Å². The Morgan fingerprint density at radius 1 is 1.27 bits per heavy atom. The second-order valence-corrected chi connectivity index (χ2v) is 8.31. The summed E-state index contributed by atoms with van der Waals surface area (Å²) in [5.74, 6) is 0.184. The summed E-state index contributed by atoms with van der Waals surface area (Å²) in [6.07, 6.45) is 1.15. The number of aliphatic hydroxyl groups is 1. The van der Waals surface area contributed by atoms with Crippen LogP contribution in [0.2, 0.25) is 0 Å². The number of rotatable bonds is 6. The van der Waals surface area contributed by atoms with Crippen molar-refractivity contribution in [2.75, 3.05) is 52.5 Å². The molecule has 1 aromatic carbocycles. The van der Waals surface area contributed by atoms with Crippen LogP contribution in [0.5, 0.6) is 5.75 Å². The first-order chi connectivity index (χ1) is 14.5. The number of nitrogens with one attached hydrogen (secondary N) is 1. The number of morpholine rings is 1. The molecule has 0 saturated carbocycles. The monoisotopic (exact) mass is 421 g/mol. The van der Waals surface area contributed by atoms with E-state index in [4.69, 9.17) is 9.47 Å². The molecule has 0 aromatic heterocycles. The molecule has 1 aromatic rings. The molecule has 30 heavy (non-hydrogen) atoms. The van der Waals surface area contributed by atoms with Crippen LogP contribution in [-0.4, -0.2) is 91.4 Å². The number of aliphatic hydroxyl groups excluding tert-OH is 1. The van der Waals surface area contributed by atoms with Gasteiger partial charge in [-0.05, 0) is 37.1 Å². The summed E-state index contributed by atoms with van der Waals surface area (Å²) in [4.78, 5) is 28.8. The average Bonchev–Trinajstić information content (AvgIpc) is 2.74. The Morgan fingerprint density at radius 3 is 2.57 bits per heavy atom. The van der Waals surface area contributed by atoms with Crippen molar-refractivity contribution in [3.8, 4) is 5.75 Å². The molecule has 3 aliphatic heterocycles. The molecule has 1 atom stereocenters. The van der Waals surface area contributed by atoms with E-state index in [-0.39, 0.29) is 49.6 Å². The lowest BCUT2D eigenvalue weighted by Crippen LogP contribution is -2.65. The van der Waals surface area contributed by atoms with E-state index in [1.54, 1.807) is 12.1 Å². The number of nitrogens with zero attached hydrogens (tertiary/aromatic N) is 2. The first-order valence-electron chi connectivity index (χ1n) is 10.4. The maximum Gasteiger partial charge on any atom is 0.248 e. The van der Waals surface area contributed by atoms with E-state index in [2.05, 4.69) is 5.32 Å². The Kier molecular flexibility index (Phi) is 6.21. The second kappa shape index (κ2) is 8.87. The van der Waals surface area contributed by atoms with Crippen LogP contribution in [0.4, 0.5) is 4.39 Å². The van der Waals surface area contributed by atoms with E-state index in [9.17, 15) is 19.1 Å². The highest BCUT2D eigenvalue weighted by Gasteiger charge is 2.47. The highest BCUT2D eigenvalue weighted by atomic mass is 19.1. The summed E-state index contributed by atoms with van der Waals surface area (Å²) in [6.45, 7) is 2.76. The molecule has 2 N–H and O–H groups in total. The molecule has 164 valence electrons. The molecule has 4 rings (SSSR count). The molecule has 0 bridgehead atoms. The van der Waals surface area contributed by atoms with E-state index in [0.29, 0.717) is 51.3 Å². The Balaban J connectivity index is 1.28. The van der Waals surface area contributed by atoms with E-state index in [0.717, 1.165) is 0 Å². The summed E-state index contributed by atoms with van der Waals surface area (Å²) in [6, 6.07) is 5.85. The maximum atomic E-state index is 13.0. The number of piperidine rings is 1. The Bertz CT molecular complexity index is 757. The number of halogens is 1. The number of carbonyl (C=O) groups excluding carboxylic acids is 2. The molecule has 3 fully saturated rings. The molecule has 3 aliphatic rings. The minimum Gasteiger partial charge on any atom is -0.491 e. The van der Waals surface area contributed by atoms with Crippen molar-refractivity contribution >= 4 is 11.8 Å². The third-order valence-corrected chi connectivity index (χ3v) is 6.29. The van der Waals surface area contributed by atoms with E-state index in [1.807, 2.05) is 9.80 Å². The van der Waals surface area contributed by atoms with Gasteiger partial charge >= 0.3 is 0 Å². The maximum absolute atomic E-state index is 13.0. The predicted octanol–water partition coefficient (Wildman–Crippen LogP) is 0.00480. The van der Waals surface area contributed by atoms with Crippen LogP contribution in [0.25, 0.3) is 0 Å². The number of hydrogen-bond acceptors (Lipinski definition) is 6. The fourth-order valence-electron chi connectivity index (χ4n) is 4.29. The van der Waals surface area contributed by atoms with Crippen LogP contribution in [-0.2, 0) is 14.3 Å². The normalized spacial score (nSPS) is 24.5. The standard InChI is InChI=1S/C21H28FN3O5/c22-15-1-3-17(4-2-15)29-10-18-9-25(19(27)11-30-18)16-5-7-24(8-6-16)20(28)21(14-26)12-23-13-21/h1-4,16,18,23,26H,5-14H2. The minimum atomic E-state index is -0.676. The highest BCUT2D eigenvalue weighted by Crippen LogP contribution is 2.28. The third kappa shape index (κ3) is 4.28. The van der Waals surface area contributed by atoms with Crippen LogP contribution in [0.3, 0.4) is 0 Å². The van der Waals surface area contributed by atoms with Crippen molar-refractivity contribution in [2.45, 2.75) is 25.0 Å². The summed E-state index contributed by atoms with van der Waals surface area (Å²) >= 11 is 0. The van der Waals surface area contributed by atoms with Crippen molar-refractivity contribution < 1.29 is 28.6 Å². The number of benzene rings is 1. The molecule has 3 saturated heterocycles. The molecule has 1 unspecified atom stereocenters. The Hall–Kier alpha value is -2.23. The molecule has 0 radical (unpaired) electrons. The van der Waals surface area contributed by atoms with Crippen molar-refractivity contribution in [3.63, 3.8) is 0 Å². The van der Waals surface area contributed by atoms with Gasteiger partial charge < -0.3 is 29.7 Å². The molecule has 2 amide bonds. The molecular weight excluding hydrogens is 393 g/mol. The molecular formula is C21H28FN3O5. The first-order valence-corrected chi connectivity index (χ1v) is 10.4. The minimum absolute atomic E-state index is 0.000999. The van der Waals surface area contributed by atoms with Gasteiger partial charge in [0.25, 0.3) is 0 Å². The number of ether oxygens (including phenoxy) is 2. The predicted molar refractivity (Wildman–Crippen MR) is 105 cm³/mol. The smallest absolute Gasteiger partial charge is 0.248 e. The van der Waals surface area contributed by atoms with Gasteiger partial charge in [-0.3, -0.25) is 9.59 Å². The zero-order chi connectivity index (χ0) is 21.1. The number of likely N-dealkylation sites (tertiary alicyclic amines) is 1. The van der Waals surface area contributed by atoms with Crippen molar-refractivity contribution in [1.29, 1.82) is 0 Å². The van der Waals surface area contributed by atoms with Crippen molar-refractivity contribution in [1.82, 2.24) is 15.1 Å².